The Labute approximate surface area is 153 Å². The quantitative estimate of drug-likeness (QED) is 0.835. The Balaban J connectivity index is 1.76. The number of nitrogens with one attached hydrogen (secondary N) is 1. The second kappa shape index (κ2) is 7.18. The van der Waals surface area contributed by atoms with Crippen molar-refractivity contribution in [1.82, 2.24) is 5.32 Å². The summed E-state index contributed by atoms with van der Waals surface area (Å²) >= 11 is 6.09. The fourth-order valence-corrected chi connectivity index (χ4v) is 3.81. The Kier molecular flexibility index (Phi) is 5.16. The van der Waals surface area contributed by atoms with Crippen LogP contribution in [0.2, 0.25) is 5.02 Å². The molecule has 1 N–H and O–H groups in total. The molecule has 3 rings (SSSR count). The Morgan fingerprint density at radius 1 is 1.20 bits per heavy atom. The molecule has 0 heterocycles. The molecule has 2 aromatic rings. The van der Waals surface area contributed by atoms with E-state index < -0.39 is 9.84 Å². The number of rotatable bonds is 6. The van der Waals surface area contributed by atoms with E-state index in [1.807, 2.05) is 18.2 Å². The van der Waals surface area contributed by atoms with Crippen LogP contribution >= 0.6 is 11.6 Å². The lowest BCUT2D eigenvalue weighted by Crippen LogP contribution is -2.29. The molecule has 0 aromatic heterocycles. The van der Waals surface area contributed by atoms with E-state index in [1.165, 1.54) is 36.6 Å². The van der Waals surface area contributed by atoms with Gasteiger partial charge in [-0.2, -0.15) is 0 Å². The Morgan fingerprint density at radius 2 is 1.88 bits per heavy atom. The van der Waals surface area contributed by atoms with Gasteiger partial charge >= 0.3 is 0 Å². The van der Waals surface area contributed by atoms with Gasteiger partial charge in [0.25, 0.3) is 5.91 Å². The second-order valence-electron chi connectivity index (χ2n) is 6.48. The molecule has 1 unspecified atom stereocenters. The molecular formula is C19H20ClNO3S. The van der Waals surface area contributed by atoms with Gasteiger partial charge in [-0.1, -0.05) is 41.9 Å². The fourth-order valence-electron chi connectivity index (χ4n) is 2.96. The minimum Gasteiger partial charge on any atom is -0.351 e. The maximum Gasteiger partial charge on any atom is 0.252 e. The topological polar surface area (TPSA) is 63.2 Å². The van der Waals surface area contributed by atoms with Gasteiger partial charge in [0.1, 0.15) is 0 Å². The molecule has 1 fully saturated rings. The summed E-state index contributed by atoms with van der Waals surface area (Å²) < 4.78 is 23.4. The van der Waals surface area contributed by atoms with Crippen LogP contribution in [0.3, 0.4) is 0 Å². The first kappa shape index (κ1) is 18.0. The summed E-state index contributed by atoms with van der Waals surface area (Å²) in [5, 5.41) is 3.16. The van der Waals surface area contributed by atoms with Crippen LogP contribution in [0.15, 0.2) is 53.4 Å². The van der Waals surface area contributed by atoms with Gasteiger partial charge in [-0.05, 0) is 42.5 Å². The predicted octanol–water partition coefficient (Wildman–Crippen LogP) is 3.67. The molecular weight excluding hydrogens is 358 g/mol. The molecule has 2 aromatic carbocycles. The van der Waals surface area contributed by atoms with Gasteiger partial charge in [-0.25, -0.2) is 8.42 Å². The highest BCUT2D eigenvalue weighted by atomic mass is 35.5. The van der Waals surface area contributed by atoms with Gasteiger partial charge < -0.3 is 5.32 Å². The molecule has 0 aliphatic heterocycles. The smallest absolute Gasteiger partial charge is 0.252 e. The number of hydrogen-bond acceptors (Lipinski definition) is 3. The third-order valence-corrected chi connectivity index (χ3v) is 5.95. The number of halogens is 1. The summed E-state index contributed by atoms with van der Waals surface area (Å²) in [6.07, 6.45) is 3.44. The average Bonchev–Trinajstić information content (AvgIpc) is 3.40. The highest BCUT2D eigenvalue weighted by Crippen LogP contribution is 2.42. The molecule has 6 heteroatoms. The lowest BCUT2D eigenvalue weighted by Gasteiger charge is -2.18. The van der Waals surface area contributed by atoms with E-state index >= 15 is 0 Å². The monoisotopic (exact) mass is 377 g/mol. The molecule has 0 radical (unpaired) electrons. The number of sulfone groups is 1. The van der Waals surface area contributed by atoms with Crippen LogP contribution in [0.5, 0.6) is 0 Å². The van der Waals surface area contributed by atoms with Gasteiger partial charge in [0.05, 0.1) is 15.5 Å². The van der Waals surface area contributed by atoms with Gasteiger partial charge in [0.15, 0.2) is 9.84 Å². The molecule has 1 aliphatic carbocycles. The average molecular weight is 378 g/mol. The zero-order valence-corrected chi connectivity index (χ0v) is 15.5. The lowest BCUT2D eigenvalue weighted by atomic mass is 9.94. The third kappa shape index (κ3) is 4.41. The molecule has 0 saturated heterocycles. The van der Waals surface area contributed by atoms with E-state index in [9.17, 15) is 13.2 Å². The largest absolute Gasteiger partial charge is 0.351 e. The maximum absolute atomic E-state index is 12.5. The van der Waals surface area contributed by atoms with Crippen molar-refractivity contribution in [3.05, 3.63) is 64.7 Å². The number of hydrogen-bond donors (Lipinski definition) is 1. The zero-order valence-electron chi connectivity index (χ0n) is 13.9. The van der Waals surface area contributed by atoms with Gasteiger partial charge in [-0.15, -0.1) is 0 Å². The molecule has 4 nitrogen and oxygen atoms in total. The van der Waals surface area contributed by atoms with Crippen molar-refractivity contribution in [3.8, 4) is 0 Å². The van der Waals surface area contributed by atoms with Crippen molar-refractivity contribution in [2.45, 2.75) is 23.7 Å². The molecule has 1 aliphatic rings. The van der Waals surface area contributed by atoms with Gasteiger partial charge in [0.2, 0.25) is 0 Å². The van der Waals surface area contributed by atoms with Crippen LogP contribution in [0, 0.1) is 5.92 Å². The van der Waals surface area contributed by atoms with Crippen molar-refractivity contribution >= 4 is 27.3 Å². The maximum atomic E-state index is 12.5. The first-order chi connectivity index (χ1) is 11.9. The van der Waals surface area contributed by atoms with Crippen molar-refractivity contribution in [2.75, 3.05) is 12.8 Å². The van der Waals surface area contributed by atoms with E-state index in [0.29, 0.717) is 12.5 Å². The Hall–Kier alpha value is -1.85. The molecule has 0 bridgehead atoms. The summed E-state index contributed by atoms with van der Waals surface area (Å²) in [6.45, 7) is 0.507. The van der Waals surface area contributed by atoms with Crippen LogP contribution in [0.4, 0.5) is 0 Å². The van der Waals surface area contributed by atoms with Crippen molar-refractivity contribution in [1.29, 1.82) is 0 Å². The molecule has 1 amide bonds. The zero-order chi connectivity index (χ0) is 18.0. The summed E-state index contributed by atoms with van der Waals surface area (Å²) in [5.74, 6) is 0.500. The number of carbonyl (C=O) groups excluding carboxylic acids is 1. The molecule has 0 spiro atoms. The van der Waals surface area contributed by atoms with Gasteiger partial charge in [0, 0.05) is 18.7 Å². The molecule has 1 saturated carbocycles. The predicted molar refractivity (Wildman–Crippen MR) is 98.8 cm³/mol. The molecule has 25 heavy (non-hydrogen) atoms. The molecule has 1 atom stereocenters. The normalized spacial score (nSPS) is 15.6. The summed E-state index contributed by atoms with van der Waals surface area (Å²) in [4.78, 5) is 12.6. The van der Waals surface area contributed by atoms with Gasteiger partial charge in [-0.3, -0.25) is 4.79 Å². The standard InChI is InChI=1S/C19H20ClNO3S/c1-25(23,24)15-9-10-18(20)16(11-15)19(22)21-12-17(14-7-8-14)13-5-3-2-4-6-13/h2-6,9-11,14,17H,7-8,12H2,1H3,(H,21,22). The fraction of sp³-hybridized carbons (Fsp3) is 0.316. The first-order valence-corrected chi connectivity index (χ1v) is 10.5. The third-order valence-electron chi connectivity index (χ3n) is 4.51. The van der Waals surface area contributed by atoms with E-state index in [2.05, 4.69) is 17.4 Å². The lowest BCUT2D eigenvalue weighted by molar-refractivity contribution is 0.0950. The highest BCUT2D eigenvalue weighted by molar-refractivity contribution is 7.90. The van der Waals surface area contributed by atoms with E-state index in [4.69, 9.17) is 11.6 Å². The Morgan fingerprint density at radius 3 is 2.48 bits per heavy atom. The summed E-state index contributed by atoms with van der Waals surface area (Å²) in [5.41, 5.74) is 1.40. The van der Waals surface area contributed by atoms with E-state index in [1.54, 1.807) is 0 Å². The van der Waals surface area contributed by atoms with Crippen molar-refractivity contribution in [2.24, 2.45) is 5.92 Å². The van der Waals surface area contributed by atoms with E-state index in [0.717, 1.165) is 6.26 Å². The van der Waals surface area contributed by atoms with Crippen LogP contribution in [0.1, 0.15) is 34.7 Å². The van der Waals surface area contributed by atoms with Crippen LogP contribution in [-0.4, -0.2) is 27.1 Å². The first-order valence-electron chi connectivity index (χ1n) is 8.19. The number of benzene rings is 2. The number of carbonyl (C=O) groups is 1. The number of amides is 1. The Bertz CT molecular complexity index is 877. The van der Waals surface area contributed by atoms with E-state index in [-0.39, 0.29) is 27.3 Å². The SMILES string of the molecule is CS(=O)(=O)c1ccc(Cl)c(C(=O)NCC(c2ccccc2)C2CC2)c1. The second-order valence-corrected chi connectivity index (χ2v) is 8.90. The summed E-state index contributed by atoms with van der Waals surface area (Å²) in [7, 11) is -3.39. The summed E-state index contributed by atoms with van der Waals surface area (Å²) in [6, 6.07) is 14.3. The van der Waals surface area contributed by atoms with Crippen LogP contribution < -0.4 is 5.32 Å². The van der Waals surface area contributed by atoms with Crippen LogP contribution in [-0.2, 0) is 9.84 Å². The highest BCUT2D eigenvalue weighted by Gasteiger charge is 2.32. The van der Waals surface area contributed by atoms with Crippen LogP contribution in [0.25, 0.3) is 0 Å². The van der Waals surface area contributed by atoms with Crippen molar-refractivity contribution in [3.63, 3.8) is 0 Å². The minimum atomic E-state index is -3.39. The van der Waals surface area contributed by atoms with Crippen molar-refractivity contribution < 1.29 is 13.2 Å². The molecule has 132 valence electrons. The minimum absolute atomic E-state index is 0.0869.